The molecule has 0 amide bonds. The van der Waals surface area contributed by atoms with Crippen molar-refractivity contribution in [3.8, 4) is 0 Å². The van der Waals surface area contributed by atoms with Crippen LogP contribution in [0.25, 0.3) is 0 Å². The lowest BCUT2D eigenvalue weighted by Crippen LogP contribution is -2.29. The van der Waals surface area contributed by atoms with Crippen molar-refractivity contribution in [2.45, 2.75) is 90.1 Å². The molecule has 5 nitrogen and oxygen atoms in total. The molecule has 0 saturated heterocycles. The number of hydrogen-bond donors (Lipinski definition) is 0. The van der Waals surface area contributed by atoms with Crippen LogP contribution in [0.4, 0.5) is 13.2 Å². The summed E-state index contributed by atoms with van der Waals surface area (Å²) in [6, 6.07) is 0. The molecule has 0 aliphatic carbocycles. The molecule has 0 atom stereocenters. The van der Waals surface area contributed by atoms with Gasteiger partial charge in [0.25, 0.3) is 5.82 Å². The molecule has 0 fully saturated rings. The van der Waals surface area contributed by atoms with Crippen molar-refractivity contribution in [2.24, 2.45) is 7.05 Å². The zero-order valence-electron chi connectivity index (χ0n) is 16.6. The van der Waals surface area contributed by atoms with Crippen LogP contribution in [0, 0.1) is 6.92 Å². The monoisotopic (exact) mass is 414 g/mol. The highest BCUT2D eigenvalue weighted by Gasteiger charge is 2.36. The first-order valence-corrected chi connectivity index (χ1v) is 10.9. The quantitative estimate of drug-likeness (QED) is 0.230. The molecule has 0 aromatic carbocycles. The van der Waals surface area contributed by atoms with Gasteiger partial charge in [-0.2, -0.15) is 13.2 Å². The Balaban J connectivity index is 0.000000713. The molecule has 0 saturated carbocycles. The minimum absolute atomic E-state index is 1.18. The predicted molar refractivity (Wildman–Crippen MR) is 97.9 cm³/mol. The van der Waals surface area contributed by atoms with E-state index >= 15 is 0 Å². The molecule has 0 aliphatic heterocycles. The summed E-state index contributed by atoms with van der Waals surface area (Å²) in [6.45, 7) is 5.66. The van der Waals surface area contributed by atoms with Crippen LogP contribution in [0.15, 0.2) is 12.4 Å². The standard InChI is InChI=1S/C17H33N2.CHF3O3S/c1-4-5-6-7-8-9-10-11-12-13-14-19-16-15-18(3)17(19)2;2-1(3,4)8(5,6)7/h15-16H,4-14H2,1-3H3;(H,5,6,7)/q+1;/p-1. The van der Waals surface area contributed by atoms with Gasteiger partial charge in [-0.1, -0.05) is 58.3 Å². The number of nitrogens with zero attached hydrogens (tertiary/aromatic N) is 2. The summed E-state index contributed by atoms with van der Waals surface area (Å²) in [5.41, 5.74) is -5.65. The van der Waals surface area contributed by atoms with E-state index in [4.69, 9.17) is 13.0 Å². The van der Waals surface area contributed by atoms with Crippen molar-refractivity contribution in [2.75, 3.05) is 0 Å². The van der Waals surface area contributed by atoms with Gasteiger partial charge in [-0.25, -0.2) is 17.6 Å². The van der Waals surface area contributed by atoms with Crippen molar-refractivity contribution in [3.63, 3.8) is 0 Å². The van der Waals surface area contributed by atoms with Crippen LogP contribution in [0.1, 0.15) is 77.0 Å². The van der Waals surface area contributed by atoms with Crippen molar-refractivity contribution in [1.29, 1.82) is 0 Å². The van der Waals surface area contributed by atoms with E-state index in [0.717, 1.165) is 0 Å². The molecule has 0 aliphatic rings. The van der Waals surface area contributed by atoms with Crippen LogP contribution >= 0.6 is 0 Å². The number of hydrogen-bond acceptors (Lipinski definition) is 3. The summed E-state index contributed by atoms with van der Waals surface area (Å²) in [7, 11) is -3.97. The average molecular weight is 415 g/mol. The van der Waals surface area contributed by atoms with Gasteiger partial charge < -0.3 is 4.55 Å². The lowest BCUT2D eigenvalue weighted by atomic mass is 10.1. The summed E-state index contributed by atoms with van der Waals surface area (Å²) in [4.78, 5) is 0. The van der Waals surface area contributed by atoms with Crippen molar-refractivity contribution in [1.82, 2.24) is 4.57 Å². The van der Waals surface area contributed by atoms with E-state index in [0.29, 0.717) is 0 Å². The molecule has 27 heavy (non-hydrogen) atoms. The van der Waals surface area contributed by atoms with Gasteiger partial charge in [-0.3, -0.25) is 0 Å². The molecular weight excluding hydrogens is 381 g/mol. The number of rotatable bonds is 11. The van der Waals surface area contributed by atoms with Crippen LogP contribution in [-0.2, 0) is 23.7 Å². The van der Waals surface area contributed by atoms with Gasteiger partial charge >= 0.3 is 5.51 Å². The summed E-state index contributed by atoms with van der Waals surface area (Å²) in [5, 5.41) is 0. The number of unbranched alkanes of at least 4 members (excludes halogenated alkanes) is 9. The van der Waals surface area contributed by atoms with Crippen molar-refractivity contribution >= 4 is 10.1 Å². The van der Waals surface area contributed by atoms with Crippen molar-refractivity contribution < 1.29 is 30.7 Å². The van der Waals surface area contributed by atoms with Gasteiger partial charge in [0.15, 0.2) is 10.1 Å². The molecule has 1 rings (SSSR count). The second-order valence-electron chi connectivity index (χ2n) is 6.73. The fourth-order valence-electron chi connectivity index (χ4n) is 2.60. The first-order valence-electron chi connectivity index (χ1n) is 9.54. The lowest BCUT2D eigenvalue weighted by molar-refractivity contribution is -0.677. The minimum Gasteiger partial charge on any atom is -0.741 e. The van der Waals surface area contributed by atoms with Gasteiger partial charge in [0.05, 0.1) is 13.6 Å². The Hall–Kier alpha value is -1.09. The van der Waals surface area contributed by atoms with E-state index in [-0.39, 0.29) is 0 Å². The Morgan fingerprint density at radius 2 is 1.41 bits per heavy atom. The predicted octanol–water partition coefficient (Wildman–Crippen LogP) is 4.59. The van der Waals surface area contributed by atoms with E-state index in [2.05, 4.69) is 42.4 Å². The number of imidazole rings is 1. The number of halogens is 3. The topological polar surface area (TPSA) is 66.0 Å². The molecule has 1 heterocycles. The van der Waals surface area contributed by atoms with Gasteiger partial charge in [0.2, 0.25) is 0 Å². The molecule has 160 valence electrons. The molecule has 0 spiro atoms. The van der Waals surface area contributed by atoms with Gasteiger partial charge in [0.1, 0.15) is 12.4 Å². The number of alkyl halides is 3. The van der Waals surface area contributed by atoms with Crippen LogP contribution < -0.4 is 4.57 Å². The highest BCUT2D eigenvalue weighted by Crippen LogP contribution is 2.20. The Morgan fingerprint density at radius 1 is 1.00 bits per heavy atom. The van der Waals surface area contributed by atoms with Crippen LogP contribution in [0.5, 0.6) is 0 Å². The first kappa shape index (κ1) is 25.9. The zero-order chi connectivity index (χ0) is 20.9. The Morgan fingerprint density at radius 3 is 1.74 bits per heavy atom. The fourth-order valence-corrected chi connectivity index (χ4v) is 2.60. The Bertz CT molecular complexity index is 614. The third-order valence-electron chi connectivity index (χ3n) is 4.43. The maximum Gasteiger partial charge on any atom is 0.485 e. The Kier molecular flexibility index (Phi) is 12.6. The van der Waals surface area contributed by atoms with Crippen LogP contribution in [0.3, 0.4) is 0 Å². The SMILES string of the molecule is CCCCCCCCCCCCn1cc[n+](C)c1C.O=S(=O)([O-])C(F)(F)F. The van der Waals surface area contributed by atoms with Gasteiger partial charge in [0, 0.05) is 6.92 Å². The fraction of sp³-hybridized carbons (Fsp3) is 0.833. The van der Waals surface area contributed by atoms with E-state index < -0.39 is 15.6 Å². The van der Waals surface area contributed by atoms with Crippen LogP contribution in [-0.4, -0.2) is 23.0 Å². The third-order valence-corrected chi connectivity index (χ3v) is 5.00. The summed E-state index contributed by atoms with van der Waals surface area (Å²) in [6.07, 6.45) is 18.5. The lowest BCUT2D eigenvalue weighted by Gasteiger charge is -2.08. The van der Waals surface area contributed by atoms with E-state index in [9.17, 15) is 13.2 Å². The molecule has 0 radical (unpaired) electrons. The highest BCUT2D eigenvalue weighted by molar-refractivity contribution is 7.86. The summed E-state index contributed by atoms with van der Waals surface area (Å²) < 4.78 is 63.5. The average Bonchev–Trinajstić information content (AvgIpc) is 2.87. The molecule has 9 heteroatoms. The zero-order valence-corrected chi connectivity index (χ0v) is 17.4. The maximum atomic E-state index is 10.7. The van der Waals surface area contributed by atoms with E-state index in [1.165, 1.54) is 76.6 Å². The first-order chi connectivity index (χ1) is 12.5. The van der Waals surface area contributed by atoms with Gasteiger partial charge in [-0.15, -0.1) is 0 Å². The van der Waals surface area contributed by atoms with E-state index in [1.54, 1.807) is 0 Å². The molecule has 0 N–H and O–H groups in total. The molecule has 1 aromatic heterocycles. The molecule has 0 bridgehead atoms. The Labute approximate surface area is 161 Å². The second kappa shape index (κ2) is 13.1. The second-order valence-corrected chi connectivity index (χ2v) is 8.10. The third kappa shape index (κ3) is 12.1. The van der Waals surface area contributed by atoms with Crippen LogP contribution in [0.2, 0.25) is 0 Å². The minimum atomic E-state index is -6.09. The van der Waals surface area contributed by atoms with E-state index in [1.807, 2.05) is 0 Å². The largest absolute Gasteiger partial charge is 0.741 e. The van der Waals surface area contributed by atoms with Gasteiger partial charge in [-0.05, 0) is 12.8 Å². The van der Waals surface area contributed by atoms with Crippen molar-refractivity contribution in [3.05, 3.63) is 18.2 Å². The number of aryl methyl sites for hydroxylation is 2. The summed E-state index contributed by atoms with van der Waals surface area (Å²) in [5.74, 6) is 1.36. The highest BCUT2D eigenvalue weighted by atomic mass is 32.2. The maximum absolute atomic E-state index is 10.7. The normalized spacial score (nSPS) is 12.0. The smallest absolute Gasteiger partial charge is 0.485 e. The molecule has 0 unspecified atom stereocenters. The number of aromatic nitrogens is 2. The summed E-state index contributed by atoms with van der Waals surface area (Å²) >= 11 is 0. The molecular formula is C18H33F3N2O3S. The molecule has 1 aromatic rings.